The monoisotopic (exact) mass is 410 g/mol. The van der Waals surface area contributed by atoms with Crippen LogP contribution in [0.15, 0.2) is 29.3 Å². The van der Waals surface area contributed by atoms with E-state index in [1.54, 1.807) is 19.4 Å². The van der Waals surface area contributed by atoms with Crippen LogP contribution in [-0.4, -0.2) is 51.6 Å². The van der Waals surface area contributed by atoms with Crippen molar-refractivity contribution in [2.24, 2.45) is 24.8 Å². The number of aryl methyl sites for hydroxylation is 1. The Morgan fingerprint density at radius 3 is 2.87 bits per heavy atom. The maximum absolute atomic E-state index is 11.5. The molecular formula is C22H30N6O2. The second kappa shape index (κ2) is 8.43. The van der Waals surface area contributed by atoms with E-state index in [-0.39, 0.29) is 5.69 Å². The first-order chi connectivity index (χ1) is 14.7. The minimum Gasteiger partial charge on any atom is -0.381 e. The molecular weight excluding hydrogens is 380 g/mol. The molecule has 0 unspecified atom stereocenters. The Bertz CT molecular complexity index is 924. The van der Waals surface area contributed by atoms with E-state index in [4.69, 9.17) is 4.74 Å². The quantitative estimate of drug-likeness (QED) is 0.777. The van der Waals surface area contributed by atoms with Crippen LogP contribution < -0.4 is 16.3 Å². The van der Waals surface area contributed by atoms with E-state index in [0.717, 1.165) is 48.9 Å². The highest BCUT2D eigenvalue weighted by Gasteiger charge is 2.43. The Hall–Kier alpha value is -2.32. The zero-order chi connectivity index (χ0) is 20.5. The molecule has 0 amide bonds. The third-order valence-corrected chi connectivity index (χ3v) is 7.10. The van der Waals surface area contributed by atoms with Crippen LogP contribution in [0, 0.1) is 17.8 Å². The van der Waals surface area contributed by atoms with E-state index in [2.05, 4.69) is 25.8 Å². The van der Waals surface area contributed by atoms with Gasteiger partial charge in [-0.05, 0) is 68.5 Å². The van der Waals surface area contributed by atoms with Crippen molar-refractivity contribution in [1.82, 2.24) is 25.1 Å². The molecule has 2 N–H and O–H groups in total. The zero-order valence-electron chi connectivity index (χ0n) is 17.5. The summed E-state index contributed by atoms with van der Waals surface area (Å²) in [6.45, 7) is 3.00. The predicted molar refractivity (Wildman–Crippen MR) is 114 cm³/mol. The van der Waals surface area contributed by atoms with Crippen LogP contribution in [0.1, 0.15) is 32.1 Å². The summed E-state index contributed by atoms with van der Waals surface area (Å²) >= 11 is 0. The molecule has 1 saturated carbocycles. The lowest BCUT2D eigenvalue weighted by molar-refractivity contribution is 0.0594. The fraction of sp³-hybridized carbons (Fsp3) is 0.636. The van der Waals surface area contributed by atoms with E-state index in [9.17, 15) is 4.79 Å². The average Bonchev–Trinajstić information content (AvgIpc) is 3.33. The lowest BCUT2D eigenvalue weighted by atomic mass is 9.85. The molecule has 8 nitrogen and oxygen atoms in total. The molecule has 2 aromatic rings. The minimum absolute atomic E-state index is 0.276. The minimum atomic E-state index is -0.276. The summed E-state index contributed by atoms with van der Waals surface area (Å²) < 4.78 is 6.97. The summed E-state index contributed by atoms with van der Waals surface area (Å²) in [4.78, 5) is 15.3. The van der Waals surface area contributed by atoms with Crippen molar-refractivity contribution in [3.05, 3.63) is 35.0 Å². The van der Waals surface area contributed by atoms with Gasteiger partial charge in [-0.1, -0.05) is 0 Å². The van der Waals surface area contributed by atoms with Gasteiger partial charge in [0.2, 0.25) is 0 Å². The normalized spacial score (nSPS) is 29.1. The number of hydrogen-bond acceptors (Lipinski definition) is 7. The number of rotatable bonds is 5. The zero-order valence-corrected chi connectivity index (χ0v) is 17.5. The summed E-state index contributed by atoms with van der Waals surface area (Å²) in [5, 5.41) is 16.1. The summed E-state index contributed by atoms with van der Waals surface area (Å²) in [5.74, 6) is 3.15. The van der Waals surface area contributed by atoms with E-state index in [0.29, 0.717) is 17.8 Å². The number of fused-ring (bicyclic) bond motifs is 1. The molecule has 3 fully saturated rings. The van der Waals surface area contributed by atoms with E-state index >= 15 is 0 Å². The third kappa shape index (κ3) is 4.11. The molecule has 0 aromatic carbocycles. The predicted octanol–water partition coefficient (Wildman–Crippen LogP) is 1.83. The summed E-state index contributed by atoms with van der Waals surface area (Å²) in [6.07, 6.45) is 9.38. The topological polar surface area (TPSA) is 94.0 Å². The van der Waals surface area contributed by atoms with E-state index in [1.165, 1.54) is 36.7 Å². The van der Waals surface area contributed by atoms with Gasteiger partial charge in [0.1, 0.15) is 5.82 Å². The SMILES string of the molecule is Cn1cc(-c2ccc(N[C@H]3C[C@@H]4CN[C@@H](CC5CCOCC5)[C@H]4C3)nn2)cnc1=O. The first-order valence-electron chi connectivity index (χ1n) is 11.1. The van der Waals surface area contributed by atoms with Crippen LogP contribution in [0.2, 0.25) is 0 Å². The molecule has 8 heteroatoms. The molecule has 0 spiro atoms. The maximum Gasteiger partial charge on any atom is 0.347 e. The number of ether oxygens (including phenoxy) is 1. The van der Waals surface area contributed by atoms with Gasteiger partial charge in [0.15, 0.2) is 0 Å². The Kier molecular flexibility index (Phi) is 5.52. The van der Waals surface area contributed by atoms with Crippen LogP contribution in [0.5, 0.6) is 0 Å². The molecule has 2 aromatic heterocycles. The second-order valence-electron chi connectivity index (χ2n) is 9.08. The van der Waals surface area contributed by atoms with Crippen LogP contribution in [0.3, 0.4) is 0 Å². The average molecular weight is 411 g/mol. The fourth-order valence-corrected chi connectivity index (χ4v) is 5.47. The number of anilines is 1. The van der Waals surface area contributed by atoms with Crippen molar-refractivity contribution in [3.8, 4) is 11.3 Å². The second-order valence-corrected chi connectivity index (χ2v) is 9.08. The maximum atomic E-state index is 11.5. The third-order valence-electron chi connectivity index (χ3n) is 7.10. The van der Waals surface area contributed by atoms with Gasteiger partial charge >= 0.3 is 5.69 Å². The molecule has 30 heavy (non-hydrogen) atoms. The largest absolute Gasteiger partial charge is 0.381 e. The highest BCUT2D eigenvalue weighted by molar-refractivity contribution is 5.57. The standard InChI is InChI=1S/C22H30N6O2/c1-28-13-16(12-24-22(28)29)19-2-3-21(27-26-19)25-17-9-15-11-23-20(18(15)10-17)8-14-4-6-30-7-5-14/h2-3,12-15,17-18,20,23H,4-11H2,1H3,(H,25,27)/t15-,17+,18+,20+/m1/s1. The lowest BCUT2D eigenvalue weighted by Crippen LogP contribution is -2.33. The van der Waals surface area contributed by atoms with Crippen LogP contribution >= 0.6 is 0 Å². The van der Waals surface area contributed by atoms with Gasteiger partial charge in [0, 0.05) is 50.3 Å². The molecule has 3 aliphatic rings. The Labute approximate surface area is 176 Å². The summed E-state index contributed by atoms with van der Waals surface area (Å²) in [5.41, 5.74) is 1.22. The highest BCUT2D eigenvalue weighted by atomic mass is 16.5. The molecule has 4 atom stereocenters. The van der Waals surface area contributed by atoms with Gasteiger partial charge in [0.25, 0.3) is 0 Å². The molecule has 0 bridgehead atoms. The molecule has 0 radical (unpaired) electrons. The molecule has 2 saturated heterocycles. The van der Waals surface area contributed by atoms with Crippen molar-refractivity contribution in [3.63, 3.8) is 0 Å². The lowest BCUT2D eigenvalue weighted by Gasteiger charge is -2.27. The first-order valence-corrected chi connectivity index (χ1v) is 11.1. The number of nitrogens with zero attached hydrogens (tertiary/aromatic N) is 4. The van der Waals surface area contributed by atoms with E-state index < -0.39 is 0 Å². The first kappa shape index (κ1) is 19.6. The number of aromatic nitrogens is 4. The van der Waals surface area contributed by atoms with Crippen LogP contribution in [0.4, 0.5) is 5.82 Å². The summed E-state index contributed by atoms with van der Waals surface area (Å²) in [6, 6.07) is 5.01. The van der Waals surface area contributed by atoms with Crippen LogP contribution in [0.25, 0.3) is 11.3 Å². The Morgan fingerprint density at radius 2 is 2.10 bits per heavy atom. The van der Waals surface area contributed by atoms with Gasteiger partial charge in [-0.15, -0.1) is 10.2 Å². The molecule has 160 valence electrons. The van der Waals surface area contributed by atoms with Crippen molar-refractivity contribution >= 4 is 5.82 Å². The number of nitrogens with one attached hydrogen (secondary N) is 2. The van der Waals surface area contributed by atoms with Crippen molar-refractivity contribution in [2.45, 2.75) is 44.2 Å². The van der Waals surface area contributed by atoms with Crippen LogP contribution in [-0.2, 0) is 11.8 Å². The Balaban J connectivity index is 1.19. The van der Waals surface area contributed by atoms with Gasteiger partial charge < -0.3 is 19.9 Å². The van der Waals surface area contributed by atoms with Crippen molar-refractivity contribution in [1.29, 1.82) is 0 Å². The molecule has 5 rings (SSSR count). The molecule has 1 aliphatic carbocycles. The number of hydrogen-bond donors (Lipinski definition) is 2. The van der Waals surface area contributed by atoms with Crippen molar-refractivity contribution < 1.29 is 4.74 Å². The smallest absolute Gasteiger partial charge is 0.347 e. The fourth-order valence-electron chi connectivity index (χ4n) is 5.47. The summed E-state index contributed by atoms with van der Waals surface area (Å²) in [7, 11) is 1.68. The van der Waals surface area contributed by atoms with Gasteiger partial charge in [-0.25, -0.2) is 9.78 Å². The van der Waals surface area contributed by atoms with Crippen molar-refractivity contribution in [2.75, 3.05) is 25.1 Å². The van der Waals surface area contributed by atoms with Gasteiger partial charge in [-0.2, -0.15) is 0 Å². The van der Waals surface area contributed by atoms with E-state index in [1.807, 2.05) is 12.1 Å². The van der Waals surface area contributed by atoms with Gasteiger partial charge in [-0.3, -0.25) is 0 Å². The Morgan fingerprint density at radius 1 is 1.23 bits per heavy atom. The molecule has 2 aliphatic heterocycles. The highest BCUT2D eigenvalue weighted by Crippen LogP contribution is 2.41. The molecule has 4 heterocycles. The van der Waals surface area contributed by atoms with Gasteiger partial charge in [0.05, 0.1) is 5.69 Å².